The summed E-state index contributed by atoms with van der Waals surface area (Å²) in [5, 5.41) is 0.787. The van der Waals surface area contributed by atoms with E-state index in [1.165, 1.54) is 4.40 Å². The molecule has 2 aromatic rings. The highest BCUT2D eigenvalue weighted by molar-refractivity contribution is 6.31. The van der Waals surface area contributed by atoms with Crippen molar-refractivity contribution in [1.82, 2.24) is 9.38 Å². The molecule has 16 heavy (non-hydrogen) atoms. The summed E-state index contributed by atoms with van der Waals surface area (Å²) < 4.78 is 1.43. The summed E-state index contributed by atoms with van der Waals surface area (Å²) in [6, 6.07) is 3.35. The van der Waals surface area contributed by atoms with E-state index in [-0.39, 0.29) is 10.7 Å². The summed E-state index contributed by atoms with van der Waals surface area (Å²) in [6.07, 6.45) is 3.03. The summed E-state index contributed by atoms with van der Waals surface area (Å²) in [6.45, 7) is 1.99. The molecule has 0 unspecified atom stereocenters. The largest absolute Gasteiger partial charge is 0.269 e. The third kappa shape index (κ3) is 1.93. The van der Waals surface area contributed by atoms with E-state index in [9.17, 15) is 4.79 Å². The molecule has 0 aliphatic carbocycles. The second kappa shape index (κ2) is 4.44. The Kier molecular flexibility index (Phi) is 3.17. The Hall–Kier alpha value is -1.06. The fourth-order valence-electron chi connectivity index (χ4n) is 1.58. The topological polar surface area (TPSA) is 34.4 Å². The molecule has 2 aromatic heterocycles. The van der Waals surface area contributed by atoms with Crippen molar-refractivity contribution in [1.29, 1.82) is 0 Å². The Morgan fingerprint density at radius 3 is 2.81 bits per heavy atom. The fraction of sp³-hybridized carbons (Fsp3) is 0.273. The van der Waals surface area contributed by atoms with E-state index in [1.54, 1.807) is 18.3 Å². The molecular formula is C11H10Cl2N2O. The van der Waals surface area contributed by atoms with Gasteiger partial charge in [-0.25, -0.2) is 4.98 Å². The molecular weight excluding hydrogens is 247 g/mol. The van der Waals surface area contributed by atoms with E-state index < -0.39 is 0 Å². The van der Waals surface area contributed by atoms with E-state index in [2.05, 4.69) is 4.98 Å². The van der Waals surface area contributed by atoms with Gasteiger partial charge in [-0.15, -0.1) is 0 Å². The smallest absolute Gasteiger partial charge is 0.262 e. The highest BCUT2D eigenvalue weighted by Gasteiger charge is 2.10. The second-order valence-electron chi connectivity index (χ2n) is 3.51. The van der Waals surface area contributed by atoms with Crippen LogP contribution in [-0.2, 0) is 6.42 Å². The lowest BCUT2D eigenvalue weighted by atomic mass is 10.2. The summed E-state index contributed by atoms with van der Waals surface area (Å²) in [5.74, 6) is 0. The van der Waals surface area contributed by atoms with Gasteiger partial charge in [0.1, 0.15) is 10.8 Å². The maximum absolute atomic E-state index is 12.1. The second-order valence-corrected chi connectivity index (χ2v) is 4.31. The van der Waals surface area contributed by atoms with Crippen LogP contribution in [0.2, 0.25) is 10.2 Å². The SMILES string of the molecule is CCCc1c(Cl)nc2ccc(Cl)cn2c1=O. The van der Waals surface area contributed by atoms with Crippen LogP contribution in [-0.4, -0.2) is 9.38 Å². The first-order chi connectivity index (χ1) is 7.63. The standard InChI is InChI=1S/C11H10Cl2N2O/c1-2-3-8-10(13)14-9-5-4-7(12)6-15(9)11(8)16/h4-6H,2-3H2,1H3. The molecule has 0 aliphatic heterocycles. The third-order valence-electron chi connectivity index (χ3n) is 2.33. The van der Waals surface area contributed by atoms with Crippen molar-refractivity contribution in [2.75, 3.05) is 0 Å². The van der Waals surface area contributed by atoms with Gasteiger partial charge in [0.25, 0.3) is 5.56 Å². The zero-order valence-corrected chi connectivity index (χ0v) is 10.2. The molecule has 0 radical (unpaired) electrons. The Bertz CT molecular complexity index is 592. The van der Waals surface area contributed by atoms with Crippen LogP contribution in [0.25, 0.3) is 5.65 Å². The van der Waals surface area contributed by atoms with Gasteiger partial charge in [-0.05, 0) is 18.6 Å². The number of pyridine rings is 1. The number of hydrogen-bond acceptors (Lipinski definition) is 2. The fourth-order valence-corrected chi connectivity index (χ4v) is 2.01. The maximum atomic E-state index is 12.1. The van der Waals surface area contributed by atoms with Gasteiger partial charge in [-0.3, -0.25) is 9.20 Å². The van der Waals surface area contributed by atoms with Crippen molar-refractivity contribution in [3.05, 3.63) is 44.4 Å². The third-order valence-corrected chi connectivity index (χ3v) is 2.87. The molecule has 0 aliphatic rings. The van der Waals surface area contributed by atoms with E-state index in [1.807, 2.05) is 6.92 Å². The van der Waals surface area contributed by atoms with Gasteiger partial charge in [-0.1, -0.05) is 36.5 Å². The number of fused-ring (bicyclic) bond motifs is 1. The van der Waals surface area contributed by atoms with Gasteiger partial charge < -0.3 is 0 Å². The van der Waals surface area contributed by atoms with Gasteiger partial charge in [0, 0.05) is 6.20 Å². The zero-order valence-electron chi connectivity index (χ0n) is 8.70. The molecule has 0 bridgehead atoms. The highest BCUT2D eigenvalue weighted by Crippen LogP contribution is 2.14. The van der Waals surface area contributed by atoms with Crippen LogP contribution < -0.4 is 5.56 Å². The minimum Gasteiger partial charge on any atom is -0.269 e. The molecule has 0 saturated heterocycles. The Balaban J connectivity index is 2.80. The normalized spacial score (nSPS) is 10.9. The first-order valence-electron chi connectivity index (χ1n) is 4.99. The van der Waals surface area contributed by atoms with Crippen molar-refractivity contribution in [3.8, 4) is 0 Å². The number of hydrogen-bond donors (Lipinski definition) is 0. The molecule has 2 rings (SSSR count). The number of halogens is 2. The molecule has 0 fully saturated rings. The molecule has 0 atom stereocenters. The molecule has 0 aromatic carbocycles. The zero-order chi connectivity index (χ0) is 11.7. The van der Waals surface area contributed by atoms with Crippen LogP contribution in [0.1, 0.15) is 18.9 Å². The van der Waals surface area contributed by atoms with Crippen molar-refractivity contribution < 1.29 is 0 Å². The van der Waals surface area contributed by atoms with Crippen LogP contribution in [0.3, 0.4) is 0 Å². The molecule has 84 valence electrons. The monoisotopic (exact) mass is 256 g/mol. The minimum atomic E-state index is -0.139. The van der Waals surface area contributed by atoms with Gasteiger partial charge in [0.05, 0.1) is 10.6 Å². The number of nitrogens with zero attached hydrogens (tertiary/aromatic N) is 2. The summed E-state index contributed by atoms with van der Waals surface area (Å²) in [7, 11) is 0. The highest BCUT2D eigenvalue weighted by atomic mass is 35.5. The average Bonchev–Trinajstić information content (AvgIpc) is 2.26. The average molecular weight is 257 g/mol. The van der Waals surface area contributed by atoms with Crippen molar-refractivity contribution in [2.45, 2.75) is 19.8 Å². The molecule has 0 N–H and O–H groups in total. The van der Waals surface area contributed by atoms with Crippen LogP contribution in [0.4, 0.5) is 0 Å². The molecule has 0 saturated carbocycles. The Morgan fingerprint density at radius 1 is 1.38 bits per heavy atom. The van der Waals surface area contributed by atoms with Crippen LogP contribution in [0.5, 0.6) is 0 Å². The van der Waals surface area contributed by atoms with Crippen LogP contribution in [0, 0.1) is 0 Å². The lowest BCUT2D eigenvalue weighted by Crippen LogP contribution is -2.20. The Labute approximate surface area is 103 Å². The van der Waals surface area contributed by atoms with E-state index in [4.69, 9.17) is 23.2 Å². The lowest BCUT2D eigenvalue weighted by molar-refractivity contribution is 0.875. The quantitative estimate of drug-likeness (QED) is 0.775. The summed E-state index contributed by atoms with van der Waals surface area (Å²) >= 11 is 11.8. The van der Waals surface area contributed by atoms with Crippen LogP contribution >= 0.6 is 23.2 Å². The van der Waals surface area contributed by atoms with Gasteiger partial charge in [0.15, 0.2) is 0 Å². The predicted molar refractivity (Wildman–Crippen MR) is 65.5 cm³/mol. The van der Waals surface area contributed by atoms with E-state index in [0.29, 0.717) is 22.7 Å². The van der Waals surface area contributed by atoms with Crippen LogP contribution in [0.15, 0.2) is 23.1 Å². The predicted octanol–water partition coefficient (Wildman–Crippen LogP) is 2.95. The maximum Gasteiger partial charge on any atom is 0.262 e. The summed E-state index contributed by atoms with van der Waals surface area (Å²) in [5.41, 5.74) is 0.919. The minimum absolute atomic E-state index is 0.139. The number of rotatable bonds is 2. The van der Waals surface area contributed by atoms with Crippen molar-refractivity contribution in [3.63, 3.8) is 0 Å². The first kappa shape index (κ1) is 11.4. The van der Waals surface area contributed by atoms with Gasteiger partial charge in [-0.2, -0.15) is 0 Å². The van der Waals surface area contributed by atoms with E-state index >= 15 is 0 Å². The molecule has 3 nitrogen and oxygen atoms in total. The van der Waals surface area contributed by atoms with Crippen molar-refractivity contribution >= 4 is 28.8 Å². The lowest BCUT2D eigenvalue weighted by Gasteiger charge is -2.05. The number of aromatic nitrogens is 2. The van der Waals surface area contributed by atoms with Gasteiger partial charge in [0.2, 0.25) is 0 Å². The molecule has 0 spiro atoms. The van der Waals surface area contributed by atoms with E-state index in [0.717, 1.165) is 6.42 Å². The first-order valence-corrected chi connectivity index (χ1v) is 5.75. The van der Waals surface area contributed by atoms with Crippen molar-refractivity contribution in [2.24, 2.45) is 0 Å². The molecule has 2 heterocycles. The van der Waals surface area contributed by atoms with Gasteiger partial charge >= 0.3 is 0 Å². The summed E-state index contributed by atoms with van der Waals surface area (Å²) in [4.78, 5) is 16.2. The molecule has 5 heteroatoms. The Morgan fingerprint density at radius 2 is 2.12 bits per heavy atom. The molecule has 0 amide bonds.